The molecule has 0 bridgehead atoms. The third-order valence-electron chi connectivity index (χ3n) is 4.73. The van der Waals surface area contributed by atoms with Crippen molar-refractivity contribution in [3.8, 4) is 5.75 Å². The topological polar surface area (TPSA) is 111 Å². The van der Waals surface area contributed by atoms with Crippen molar-refractivity contribution in [2.24, 2.45) is 0 Å². The van der Waals surface area contributed by atoms with Gasteiger partial charge in [0.15, 0.2) is 6.73 Å². The van der Waals surface area contributed by atoms with Crippen molar-refractivity contribution >= 4 is 29.2 Å². The standard InChI is InChI=1S/C20H22ClN5O4/c1-11-9-15(5-6-16(11)21)30-10-25-13(3)18(12(2)24-25)23-19(27)17-7-8-22-26(17)14(4)20(28)29/h5-9,14H,10H2,1-4H3,(H,23,27)(H,28,29). The van der Waals surface area contributed by atoms with Crippen molar-refractivity contribution in [3.05, 3.63) is 58.1 Å². The van der Waals surface area contributed by atoms with Crippen LogP contribution in [0.1, 0.15) is 40.4 Å². The van der Waals surface area contributed by atoms with Crippen LogP contribution in [0.4, 0.5) is 5.69 Å². The van der Waals surface area contributed by atoms with Crippen LogP contribution in [0.5, 0.6) is 5.75 Å². The number of benzene rings is 1. The molecule has 0 saturated heterocycles. The average Bonchev–Trinajstić information content (AvgIpc) is 3.29. The molecule has 3 aromatic rings. The van der Waals surface area contributed by atoms with Gasteiger partial charge in [0, 0.05) is 11.2 Å². The molecular weight excluding hydrogens is 410 g/mol. The molecule has 0 aliphatic rings. The summed E-state index contributed by atoms with van der Waals surface area (Å²) >= 11 is 6.03. The number of anilines is 1. The zero-order valence-electron chi connectivity index (χ0n) is 17.0. The Morgan fingerprint density at radius 1 is 1.27 bits per heavy atom. The van der Waals surface area contributed by atoms with E-state index in [2.05, 4.69) is 15.5 Å². The number of hydrogen-bond acceptors (Lipinski definition) is 5. The average molecular weight is 432 g/mol. The maximum absolute atomic E-state index is 12.7. The van der Waals surface area contributed by atoms with Gasteiger partial charge in [0.2, 0.25) is 0 Å². The molecule has 1 unspecified atom stereocenters. The van der Waals surface area contributed by atoms with E-state index in [0.717, 1.165) is 5.56 Å². The first-order valence-electron chi connectivity index (χ1n) is 9.19. The number of aliphatic carboxylic acids is 1. The second kappa shape index (κ2) is 8.58. The van der Waals surface area contributed by atoms with E-state index < -0.39 is 17.9 Å². The summed E-state index contributed by atoms with van der Waals surface area (Å²) in [6.45, 7) is 7.07. The maximum atomic E-state index is 12.7. The van der Waals surface area contributed by atoms with Crippen LogP contribution in [-0.2, 0) is 11.5 Å². The molecule has 2 aromatic heterocycles. The molecular formula is C20H22ClN5O4. The van der Waals surface area contributed by atoms with Crippen LogP contribution in [0.15, 0.2) is 30.5 Å². The van der Waals surface area contributed by atoms with Gasteiger partial charge in [-0.3, -0.25) is 4.79 Å². The van der Waals surface area contributed by atoms with Gasteiger partial charge in [0.1, 0.15) is 17.5 Å². The highest BCUT2D eigenvalue weighted by molar-refractivity contribution is 6.31. The van der Waals surface area contributed by atoms with E-state index in [0.29, 0.717) is 27.8 Å². The van der Waals surface area contributed by atoms with E-state index in [4.69, 9.17) is 16.3 Å². The largest absolute Gasteiger partial charge is 0.480 e. The number of carboxylic acids is 1. The van der Waals surface area contributed by atoms with Crippen molar-refractivity contribution in [1.82, 2.24) is 19.6 Å². The summed E-state index contributed by atoms with van der Waals surface area (Å²) in [5.74, 6) is -0.898. The third-order valence-corrected chi connectivity index (χ3v) is 5.15. The van der Waals surface area contributed by atoms with Crippen molar-refractivity contribution in [3.63, 3.8) is 0 Å². The number of nitrogens with zero attached hydrogens (tertiary/aromatic N) is 4. The minimum atomic E-state index is -1.08. The molecule has 0 saturated carbocycles. The summed E-state index contributed by atoms with van der Waals surface area (Å²) in [6, 6.07) is 5.87. The summed E-state index contributed by atoms with van der Waals surface area (Å²) in [5.41, 5.74) is 2.89. The molecule has 0 radical (unpaired) electrons. The van der Waals surface area contributed by atoms with Gasteiger partial charge >= 0.3 is 5.97 Å². The van der Waals surface area contributed by atoms with Crippen LogP contribution >= 0.6 is 11.6 Å². The Morgan fingerprint density at radius 2 is 2.00 bits per heavy atom. The fraction of sp³-hybridized carbons (Fsp3) is 0.300. The second-order valence-corrected chi connectivity index (χ2v) is 7.27. The first-order valence-corrected chi connectivity index (χ1v) is 9.57. The predicted molar refractivity (Wildman–Crippen MR) is 111 cm³/mol. The molecule has 3 rings (SSSR count). The number of carbonyl (C=O) groups is 2. The SMILES string of the molecule is Cc1cc(OCn2nc(C)c(NC(=O)c3ccnn3C(C)C(=O)O)c2C)ccc1Cl. The zero-order chi connectivity index (χ0) is 22.0. The molecule has 30 heavy (non-hydrogen) atoms. The lowest BCUT2D eigenvalue weighted by Gasteiger charge is -2.12. The van der Waals surface area contributed by atoms with Crippen LogP contribution in [-0.4, -0.2) is 36.5 Å². The highest BCUT2D eigenvalue weighted by Crippen LogP contribution is 2.24. The first kappa shape index (κ1) is 21.4. The summed E-state index contributed by atoms with van der Waals surface area (Å²) in [7, 11) is 0. The van der Waals surface area contributed by atoms with Crippen molar-refractivity contribution in [2.45, 2.75) is 40.5 Å². The minimum Gasteiger partial charge on any atom is -0.480 e. The van der Waals surface area contributed by atoms with Gasteiger partial charge in [-0.05, 0) is 57.5 Å². The molecule has 2 heterocycles. The first-order chi connectivity index (χ1) is 14.2. The fourth-order valence-electron chi connectivity index (χ4n) is 2.93. The molecule has 1 amide bonds. The lowest BCUT2D eigenvalue weighted by molar-refractivity contribution is -0.140. The lowest BCUT2D eigenvalue weighted by atomic mass is 10.2. The van der Waals surface area contributed by atoms with Gasteiger partial charge in [-0.1, -0.05) is 11.6 Å². The number of aryl methyl sites for hydroxylation is 2. The maximum Gasteiger partial charge on any atom is 0.328 e. The molecule has 1 atom stereocenters. The molecule has 0 fully saturated rings. The Morgan fingerprint density at radius 3 is 2.67 bits per heavy atom. The number of carboxylic acid groups (broad SMARTS) is 1. The van der Waals surface area contributed by atoms with Crippen molar-refractivity contribution in [1.29, 1.82) is 0 Å². The van der Waals surface area contributed by atoms with E-state index in [1.54, 1.807) is 23.7 Å². The lowest BCUT2D eigenvalue weighted by Crippen LogP contribution is -2.24. The summed E-state index contributed by atoms with van der Waals surface area (Å²) in [4.78, 5) is 24.0. The third kappa shape index (κ3) is 4.30. The van der Waals surface area contributed by atoms with Gasteiger partial charge < -0.3 is 15.2 Å². The minimum absolute atomic E-state index is 0.143. The predicted octanol–water partition coefficient (Wildman–Crippen LogP) is 3.59. The van der Waals surface area contributed by atoms with Crippen LogP contribution < -0.4 is 10.1 Å². The molecule has 2 N–H and O–H groups in total. The number of rotatable bonds is 7. The Labute approximate surface area is 178 Å². The molecule has 9 nitrogen and oxygen atoms in total. The van der Waals surface area contributed by atoms with Gasteiger partial charge in [-0.25, -0.2) is 14.2 Å². The van der Waals surface area contributed by atoms with Crippen LogP contribution in [0.2, 0.25) is 5.02 Å². The van der Waals surface area contributed by atoms with Gasteiger partial charge in [0.25, 0.3) is 5.91 Å². The van der Waals surface area contributed by atoms with Gasteiger partial charge in [0.05, 0.1) is 17.1 Å². The summed E-state index contributed by atoms with van der Waals surface area (Å²) in [5, 5.41) is 21.0. The van der Waals surface area contributed by atoms with Crippen LogP contribution in [0.3, 0.4) is 0 Å². The Bertz CT molecular complexity index is 1100. The number of amides is 1. The number of aromatic nitrogens is 4. The van der Waals surface area contributed by atoms with E-state index in [1.165, 1.54) is 23.9 Å². The number of carbonyl (C=O) groups excluding carboxylic acids is 1. The smallest absolute Gasteiger partial charge is 0.328 e. The van der Waals surface area contributed by atoms with Crippen molar-refractivity contribution in [2.75, 3.05) is 5.32 Å². The highest BCUT2D eigenvalue weighted by atomic mass is 35.5. The monoisotopic (exact) mass is 431 g/mol. The van der Waals surface area contributed by atoms with E-state index in [-0.39, 0.29) is 12.4 Å². The molecule has 158 valence electrons. The number of halogens is 1. The Balaban J connectivity index is 1.76. The fourth-order valence-corrected chi connectivity index (χ4v) is 3.05. The molecule has 0 aliphatic carbocycles. The highest BCUT2D eigenvalue weighted by Gasteiger charge is 2.23. The molecule has 0 aliphatic heterocycles. The van der Waals surface area contributed by atoms with Crippen LogP contribution in [0, 0.1) is 20.8 Å². The molecule has 1 aromatic carbocycles. The molecule has 10 heteroatoms. The molecule has 0 spiro atoms. The number of nitrogens with one attached hydrogen (secondary N) is 1. The zero-order valence-corrected chi connectivity index (χ0v) is 17.8. The van der Waals surface area contributed by atoms with E-state index in [1.807, 2.05) is 19.9 Å². The van der Waals surface area contributed by atoms with Gasteiger partial charge in [-0.2, -0.15) is 10.2 Å². The van der Waals surface area contributed by atoms with Crippen LogP contribution in [0.25, 0.3) is 0 Å². The summed E-state index contributed by atoms with van der Waals surface area (Å²) < 4.78 is 8.58. The van der Waals surface area contributed by atoms with Crippen molar-refractivity contribution < 1.29 is 19.4 Å². The Hall–Kier alpha value is -3.33. The van der Waals surface area contributed by atoms with E-state index in [9.17, 15) is 14.7 Å². The van der Waals surface area contributed by atoms with Gasteiger partial charge in [-0.15, -0.1) is 0 Å². The van der Waals surface area contributed by atoms with E-state index >= 15 is 0 Å². The number of ether oxygens (including phenoxy) is 1. The second-order valence-electron chi connectivity index (χ2n) is 6.86. The summed E-state index contributed by atoms with van der Waals surface area (Å²) in [6.07, 6.45) is 1.39. The quantitative estimate of drug-likeness (QED) is 0.591. The number of hydrogen-bond donors (Lipinski definition) is 2. The normalized spacial score (nSPS) is 11.9. The Kier molecular flexibility index (Phi) is 6.12.